The van der Waals surface area contributed by atoms with E-state index in [0.717, 1.165) is 25.1 Å². The van der Waals surface area contributed by atoms with Crippen LogP contribution in [0.5, 0.6) is 0 Å². The fraction of sp³-hybridized carbons (Fsp3) is 0.174. The van der Waals surface area contributed by atoms with Gasteiger partial charge in [0, 0.05) is 13.1 Å². The lowest BCUT2D eigenvalue weighted by Gasteiger charge is -2.29. The molecule has 0 fully saturated rings. The zero-order valence-corrected chi connectivity index (χ0v) is 14.2. The lowest BCUT2D eigenvalue weighted by Crippen LogP contribution is -2.36. The van der Waals surface area contributed by atoms with Crippen LogP contribution in [0.1, 0.15) is 16.7 Å². The molecule has 4 rings (SSSR count). The van der Waals surface area contributed by atoms with Crippen LogP contribution in [0.15, 0.2) is 78.9 Å². The third kappa shape index (κ3) is 3.48. The molecule has 0 spiro atoms. The molecular formula is C23H21NO. The van der Waals surface area contributed by atoms with Crippen molar-refractivity contribution in [3.63, 3.8) is 0 Å². The maximum atomic E-state index is 12.7. The Labute approximate surface area is 148 Å². The van der Waals surface area contributed by atoms with Crippen LogP contribution >= 0.6 is 0 Å². The molecule has 1 aliphatic heterocycles. The second kappa shape index (κ2) is 6.94. The van der Waals surface area contributed by atoms with Gasteiger partial charge < -0.3 is 4.90 Å². The molecule has 1 amide bonds. The lowest BCUT2D eigenvalue weighted by molar-refractivity contribution is -0.131. The quantitative estimate of drug-likeness (QED) is 0.694. The number of carbonyl (C=O) groups is 1. The molecule has 124 valence electrons. The summed E-state index contributed by atoms with van der Waals surface area (Å²) in [7, 11) is 0. The zero-order valence-electron chi connectivity index (χ0n) is 14.2. The number of benzene rings is 3. The smallest absolute Gasteiger partial charge is 0.227 e. The number of hydrogen-bond acceptors (Lipinski definition) is 1. The van der Waals surface area contributed by atoms with Crippen molar-refractivity contribution < 1.29 is 4.79 Å². The van der Waals surface area contributed by atoms with Gasteiger partial charge in [0.15, 0.2) is 0 Å². The van der Waals surface area contributed by atoms with E-state index in [1.165, 1.54) is 22.3 Å². The van der Waals surface area contributed by atoms with Gasteiger partial charge in [0.1, 0.15) is 0 Å². The normalized spacial score (nSPS) is 13.4. The molecule has 0 radical (unpaired) electrons. The van der Waals surface area contributed by atoms with E-state index in [-0.39, 0.29) is 5.91 Å². The van der Waals surface area contributed by atoms with Crippen LogP contribution in [0, 0.1) is 0 Å². The van der Waals surface area contributed by atoms with Crippen molar-refractivity contribution in [1.82, 2.24) is 4.90 Å². The van der Waals surface area contributed by atoms with Crippen molar-refractivity contribution in [3.05, 3.63) is 95.6 Å². The van der Waals surface area contributed by atoms with Gasteiger partial charge >= 0.3 is 0 Å². The lowest BCUT2D eigenvalue weighted by atomic mass is 9.99. The molecule has 2 nitrogen and oxygen atoms in total. The predicted octanol–water partition coefficient (Wildman–Crippen LogP) is 4.48. The van der Waals surface area contributed by atoms with E-state index in [9.17, 15) is 4.79 Å². The Balaban J connectivity index is 1.43. The van der Waals surface area contributed by atoms with E-state index in [0.29, 0.717) is 6.42 Å². The van der Waals surface area contributed by atoms with Crippen molar-refractivity contribution in [2.24, 2.45) is 0 Å². The van der Waals surface area contributed by atoms with Gasteiger partial charge in [0.05, 0.1) is 6.42 Å². The van der Waals surface area contributed by atoms with E-state index in [1.807, 2.05) is 23.1 Å². The van der Waals surface area contributed by atoms with Gasteiger partial charge in [-0.25, -0.2) is 0 Å². The highest BCUT2D eigenvalue weighted by molar-refractivity contribution is 5.79. The van der Waals surface area contributed by atoms with Gasteiger partial charge in [0.2, 0.25) is 5.91 Å². The van der Waals surface area contributed by atoms with Crippen LogP contribution in [0.2, 0.25) is 0 Å². The number of amides is 1. The molecule has 0 atom stereocenters. The van der Waals surface area contributed by atoms with Crippen molar-refractivity contribution in [3.8, 4) is 11.1 Å². The second-order valence-electron chi connectivity index (χ2n) is 6.57. The van der Waals surface area contributed by atoms with Crippen molar-refractivity contribution >= 4 is 5.91 Å². The molecule has 0 saturated carbocycles. The first-order valence-corrected chi connectivity index (χ1v) is 8.78. The van der Waals surface area contributed by atoms with Gasteiger partial charge in [-0.2, -0.15) is 0 Å². The molecule has 0 unspecified atom stereocenters. The van der Waals surface area contributed by atoms with Crippen LogP contribution in [0.25, 0.3) is 11.1 Å². The first kappa shape index (κ1) is 15.6. The van der Waals surface area contributed by atoms with Crippen LogP contribution in [0.4, 0.5) is 0 Å². The monoisotopic (exact) mass is 327 g/mol. The Hall–Kier alpha value is -2.87. The summed E-state index contributed by atoms with van der Waals surface area (Å²) in [6.07, 6.45) is 1.42. The maximum Gasteiger partial charge on any atom is 0.227 e. The fourth-order valence-electron chi connectivity index (χ4n) is 3.44. The average molecular weight is 327 g/mol. The van der Waals surface area contributed by atoms with Gasteiger partial charge in [0.25, 0.3) is 0 Å². The highest BCUT2D eigenvalue weighted by Crippen LogP contribution is 2.21. The fourth-order valence-corrected chi connectivity index (χ4v) is 3.44. The third-order valence-electron chi connectivity index (χ3n) is 4.90. The Morgan fingerprint density at radius 3 is 2.16 bits per heavy atom. The largest absolute Gasteiger partial charge is 0.338 e. The van der Waals surface area contributed by atoms with E-state index in [2.05, 4.69) is 60.7 Å². The molecular weight excluding hydrogens is 306 g/mol. The minimum atomic E-state index is 0.210. The van der Waals surface area contributed by atoms with Gasteiger partial charge in [-0.15, -0.1) is 0 Å². The Kier molecular flexibility index (Phi) is 4.34. The minimum Gasteiger partial charge on any atom is -0.338 e. The van der Waals surface area contributed by atoms with E-state index in [1.54, 1.807) is 0 Å². The number of hydrogen-bond donors (Lipinski definition) is 0. The Morgan fingerprint density at radius 2 is 1.40 bits per heavy atom. The number of rotatable bonds is 3. The molecule has 0 bridgehead atoms. The number of nitrogens with zero attached hydrogens (tertiary/aromatic N) is 1. The van der Waals surface area contributed by atoms with Crippen molar-refractivity contribution in [2.75, 3.05) is 6.54 Å². The first-order valence-electron chi connectivity index (χ1n) is 8.78. The number of fused-ring (bicyclic) bond motifs is 1. The molecule has 0 saturated heterocycles. The predicted molar refractivity (Wildman–Crippen MR) is 101 cm³/mol. The average Bonchev–Trinajstić information content (AvgIpc) is 2.69. The van der Waals surface area contributed by atoms with E-state index >= 15 is 0 Å². The zero-order chi connectivity index (χ0) is 17.1. The Bertz CT molecular complexity index is 868. The summed E-state index contributed by atoms with van der Waals surface area (Å²) in [6.45, 7) is 1.55. The van der Waals surface area contributed by atoms with Crippen LogP contribution in [-0.2, 0) is 24.2 Å². The third-order valence-corrected chi connectivity index (χ3v) is 4.90. The van der Waals surface area contributed by atoms with Gasteiger partial charge in [-0.3, -0.25) is 4.79 Å². The summed E-state index contributed by atoms with van der Waals surface area (Å²) in [4.78, 5) is 14.6. The molecule has 0 N–H and O–H groups in total. The molecule has 1 aliphatic rings. The van der Waals surface area contributed by atoms with Crippen LogP contribution in [0.3, 0.4) is 0 Å². The summed E-state index contributed by atoms with van der Waals surface area (Å²) in [6, 6.07) is 27.1. The van der Waals surface area contributed by atoms with Crippen molar-refractivity contribution in [2.45, 2.75) is 19.4 Å². The molecule has 0 aromatic heterocycles. The van der Waals surface area contributed by atoms with E-state index < -0.39 is 0 Å². The molecule has 3 aromatic carbocycles. The Morgan fingerprint density at radius 1 is 0.760 bits per heavy atom. The van der Waals surface area contributed by atoms with Crippen molar-refractivity contribution in [1.29, 1.82) is 0 Å². The summed E-state index contributed by atoms with van der Waals surface area (Å²) < 4.78 is 0. The van der Waals surface area contributed by atoms with Crippen LogP contribution < -0.4 is 0 Å². The summed E-state index contributed by atoms with van der Waals surface area (Å²) in [5.41, 5.74) is 6.11. The molecule has 2 heteroatoms. The van der Waals surface area contributed by atoms with Gasteiger partial charge in [-0.05, 0) is 34.2 Å². The molecule has 3 aromatic rings. The second-order valence-corrected chi connectivity index (χ2v) is 6.57. The summed E-state index contributed by atoms with van der Waals surface area (Å²) in [5, 5.41) is 0. The maximum absolute atomic E-state index is 12.7. The molecule has 1 heterocycles. The highest BCUT2D eigenvalue weighted by atomic mass is 16.2. The summed E-state index contributed by atoms with van der Waals surface area (Å²) in [5.74, 6) is 0.210. The summed E-state index contributed by atoms with van der Waals surface area (Å²) >= 11 is 0. The van der Waals surface area contributed by atoms with Gasteiger partial charge in [-0.1, -0.05) is 78.9 Å². The SMILES string of the molecule is O=C(Cc1ccc(-c2ccccc2)cc1)N1CCc2ccccc2C1. The standard InChI is InChI=1S/C23H21NO/c25-23(24-15-14-20-8-4-5-9-22(20)17-24)16-18-10-12-21(13-11-18)19-6-2-1-3-7-19/h1-13H,14-17H2. The minimum absolute atomic E-state index is 0.210. The van der Waals surface area contributed by atoms with E-state index in [4.69, 9.17) is 0 Å². The number of carbonyl (C=O) groups excluding carboxylic acids is 1. The highest BCUT2D eigenvalue weighted by Gasteiger charge is 2.20. The van der Waals surface area contributed by atoms with Crippen LogP contribution in [-0.4, -0.2) is 17.4 Å². The topological polar surface area (TPSA) is 20.3 Å². The molecule has 25 heavy (non-hydrogen) atoms. The molecule has 0 aliphatic carbocycles. The first-order chi connectivity index (χ1) is 12.3.